The summed E-state index contributed by atoms with van der Waals surface area (Å²) in [6, 6.07) is 6.42. The molecule has 2 aromatic rings. The number of hydrogen-bond acceptors (Lipinski definition) is 5. The van der Waals surface area contributed by atoms with Gasteiger partial charge in [-0.2, -0.15) is 37.7 Å². The molecule has 1 aromatic carbocycles. The van der Waals surface area contributed by atoms with Crippen molar-refractivity contribution in [2.45, 2.75) is 24.3 Å². The largest absolute Gasteiger partial charge is 0.490 e. The van der Waals surface area contributed by atoms with Gasteiger partial charge in [0.2, 0.25) is 5.91 Å². The van der Waals surface area contributed by atoms with E-state index in [1.54, 1.807) is 9.80 Å². The highest BCUT2D eigenvalue weighted by molar-refractivity contribution is 7.08. The van der Waals surface area contributed by atoms with Crippen LogP contribution < -0.4 is 4.90 Å². The van der Waals surface area contributed by atoms with Crippen LogP contribution in [0.3, 0.4) is 0 Å². The molecule has 1 spiro atoms. The van der Waals surface area contributed by atoms with Gasteiger partial charge in [0.25, 0.3) is 5.91 Å². The van der Waals surface area contributed by atoms with Gasteiger partial charge in [0, 0.05) is 30.6 Å². The number of aliphatic carboxylic acids is 1. The maximum absolute atomic E-state index is 13.0. The summed E-state index contributed by atoms with van der Waals surface area (Å²) in [5, 5.41) is 10.9. The van der Waals surface area contributed by atoms with Gasteiger partial charge in [-0.15, -0.1) is 0 Å². The molecular weight excluding hydrogens is 516 g/mol. The molecule has 7 nitrogen and oxygen atoms in total. The number of amides is 2. The third-order valence-electron chi connectivity index (χ3n) is 6.05. The van der Waals surface area contributed by atoms with Crippen molar-refractivity contribution in [3.8, 4) is 0 Å². The number of piperazine rings is 1. The number of carbonyl (C=O) groups excluding carboxylic acids is 2. The van der Waals surface area contributed by atoms with E-state index >= 15 is 0 Å². The van der Waals surface area contributed by atoms with E-state index in [4.69, 9.17) is 9.90 Å². The van der Waals surface area contributed by atoms with Crippen molar-refractivity contribution in [3.63, 3.8) is 0 Å². The summed E-state index contributed by atoms with van der Waals surface area (Å²) in [5.74, 6) is -3.17. The summed E-state index contributed by atoms with van der Waals surface area (Å²) in [6.07, 6.45) is -8.92. The minimum absolute atomic E-state index is 0.000759. The van der Waals surface area contributed by atoms with Gasteiger partial charge < -0.3 is 14.9 Å². The molecular formula is C22H21F6N3O4S. The van der Waals surface area contributed by atoms with E-state index in [0.717, 1.165) is 17.8 Å². The molecule has 2 amide bonds. The van der Waals surface area contributed by atoms with Crippen LogP contribution in [0.5, 0.6) is 0 Å². The van der Waals surface area contributed by atoms with E-state index in [1.165, 1.54) is 23.5 Å². The normalized spacial score (nSPS) is 20.9. The van der Waals surface area contributed by atoms with Crippen LogP contribution in [0.1, 0.15) is 22.3 Å². The molecule has 0 aliphatic carbocycles. The van der Waals surface area contributed by atoms with Crippen molar-refractivity contribution in [1.29, 1.82) is 0 Å². The maximum Gasteiger partial charge on any atom is 0.490 e. The zero-order valence-electron chi connectivity index (χ0n) is 18.8. The Hall–Kier alpha value is -3.13. The number of nitrogens with zero attached hydrogens (tertiary/aromatic N) is 3. The molecule has 14 heteroatoms. The highest BCUT2D eigenvalue weighted by Gasteiger charge is 2.49. The lowest BCUT2D eigenvalue weighted by molar-refractivity contribution is -0.192. The molecule has 0 saturated carbocycles. The van der Waals surface area contributed by atoms with E-state index in [-0.39, 0.29) is 18.0 Å². The van der Waals surface area contributed by atoms with Crippen molar-refractivity contribution in [3.05, 3.63) is 52.2 Å². The quantitative estimate of drug-likeness (QED) is 0.587. The lowest BCUT2D eigenvalue weighted by atomic mass is 9.93. The van der Waals surface area contributed by atoms with E-state index in [2.05, 4.69) is 0 Å². The van der Waals surface area contributed by atoms with E-state index < -0.39 is 35.3 Å². The molecule has 2 saturated heterocycles. The number of likely N-dealkylation sites (tertiary alicyclic amines) is 1. The molecule has 2 aliphatic heterocycles. The third-order valence-corrected chi connectivity index (χ3v) is 6.72. The van der Waals surface area contributed by atoms with E-state index in [0.29, 0.717) is 26.1 Å². The Morgan fingerprint density at radius 1 is 1.08 bits per heavy atom. The number of hydrogen-bond donors (Lipinski definition) is 1. The highest BCUT2D eigenvalue weighted by Crippen LogP contribution is 2.35. The summed E-state index contributed by atoms with van der Waals surface area (Å²) in [4.78, 5) is 39.6. The van der Waals surface area contributed by atoms with Crippen molar-refractivity contribution < 1.29 is 45.8 Å². The SMILES string of the molecule is CN1CC(=O)N(c2ccsc2)CC12CCN(C(=O)c1cccc(C(F)(F)F)c1)C2.O=C(O)C(F)(F)F. The van der Waals surface area contributed by atoms with E-state index in [9.17, 15) is 35.9 Å². The Balaban J connectivity index is 0.000000454. The van der Waals surface area contributed by atoms with Crippen LogP contribution in [0.15, 0.2) is 41.1 Å². The first kappa shape index (κ1) is 27.5. The Morgan fingerprint density at radius 3 is 2.31 bits per heavy atom. The molecule has 2 aliphatic rings. The number of carboxylic acid groups (broad SMARTS) is 1. The molecule has 4 rings (SSSR count). The van der Waals surface area contributed by atoms with Gasteiger partial charge in [-0.1, -0.05) is 6.07 Å². The average molecular weight is 537 g/mol. The van der Waals surface area contributed by atoms with Crippen LogP contribution in [-0.4, -0.2) is 77.6 Å². The molecule has 36 heavy (non-hydrogen) atoms. The molecule has 0 radical (unpaired) electrons. The lowest BCUT2D eigenvalue weighted by Crippen LogP contribution is -2.64. The number of carbonyl (C=O) groups is 3. The Morgan fingerprint density at radius 2 is 1.75 bits per heavy atom. The van der Waals surface area contributed by atoms with Crippen LogP contribution >= 0.6 is 11.3 Å². The number of carboxylic acids is 1. The Labute approximate surface area is 205 Å². The number of halogens is 6. The molecule has 196 valence electrons. The monoisotopic (exact) mass is 537 g/mol. The van der Waals surface area contributed by atoms with Gasteiger partial charge in [0.05, 0.1) is 23.3 Å². The molecule has 2 fully saturated rings. The summed E-state index contributed by atoms with van der Waals surface area (Å²) >= 11 is 1.51. The summed E-state index contributed by atoms with van der Waals surface area (Å²) in [7, 11) is 1.86. The smallest absolute Gasteiger partial charge is 0.475 e. The Bertz CT molecular complexity index is 1120. The van der Waals surface area contributed by atoms with Crippen molar-refractivity contribution >= 4 is 34.8 Å². The van der Waals surface area contributed by atoms with Crippen LogP contribution in [0.25, 0.3) is 0 Å². The summed E-state index contributed by atoms with van der Waals surface area (Å²) in [5.41, 5.74) is -0.370. The predicted octanol–water partition coefficient (Wildman–Crippen LogP) is 3.96. The number of anilines is 1. The van der Waals surface area contributed by atoms with Crippen LogP contribution in [0, 0.1) is 0 Å². The number of alkyl halides is 6. The number of rotatable bonds is 2. The van der Waals surface area contributed by atoms with Gasteiger partial charge in [-0.05, 0) is 43.1 Å². The number of thiophene rings is 1. The van der Waals surface area contributed by atoms with E-state index in [1.807, 2.05) is 28.8 Å². The zero-order chi connectivity index (χ0) is 26.9. The molecule has 1 aromatic heterocycles. The fraction of sp³-hybridized carbons (Fsp3) is 0.409. The van der Waals surface area contributed by atoms with Gasteiger partial charge in [0.1, 0.15) is 0 Å². The fourth-order valence-corrected chi connectivity index (χ4v) is 4.73. The zero-order valence-corrected chi connectivity index (χ0v) is 19.6. The average Bonchev–Trinajstić information content (AvgIpc) is 3.46. The minimum atomic E-state index is -5.08. The predicted molar refractivity (Wildman–Crippen MR) is 118 cm³/mol. The van der Waals surface area contributed by atoms with Gasteiger partial charge in [0.15, 0.2) is 0 Å². The maximum atomic E-state index is 13.0. The van der Waals surface area contributed by atoms with Crippen molar-refractivity contribution in [1.82, 2.24) is 9.80 Å². The third kappa shape index (κ3) is 5.98. The number of benzene rings is 1. The Kier molecular flexibility index (Phi) is 7.69. The van der Waals surface area contributed by atoms with Crippen LogP contribution in [-0.2, 0) is 15.8 Å². The topological polar surface area (TPSA) is 81.2 Å². The second kappa shape index (κ2) is 10.1. The van der Waals surface area contributed by atoms with Crippen LogP contribution in [0.4, 0.5) is 32.0 Å². The molecule has 1 atom stereocenters. The number of likely N-dealkylation sites (N-methyl/N-ethyl adjacent to an activating group) is 1. The lowest BCUT2D eigenvalue weighted by Gasteiger charge is -2.46. The standard InChI is InChI=1S/C20H20F3N3O2S.C2HF3O2/c1-24-10-17(27)26(16-5-8-29-11-16)13-19(24)6-7-25(12-19)18(28)14-3-2-4-15(9-14)20(21,22)23;3-2(4,5)1(6)7/h2-5,8-9,11H,6-7,10,12-13H2,1H3;(H,6,7). The molecule has 0 bridgehead atoms. The molecule has 3 heterocycles. The summed E-state index contributed by atoms with van der Waals surface area (Å²) in [6.45, 7) is 1.49. The first-order valence-corrected chi connectivity index (χ1v) is 11.4. The fourth-order valence-electron chi connectivity index (χ4n) is 4.09. The first-order valence-electron chi connectivity index (χ1n) is 10.4. The van der Waals surface area contributed by atoms with Crippen molar-refractivity contribution in [2.75, 3.05) is 38.1 Å². The van der Waals surface area contributed by atoms with Gasteiger partial charge >= 0.3 is 18.3 Å². The second-order valence-corrected chi connectivity index (χ2v) is 9.18. The van der Waals surface area contributed by atoms with Gasteiger partial charge in [-0.3, -0.25) is 14.5 Å². The van der Waals surface area contributed by atoms with Crippen LogP contribution in [0.2, 0.25) is 0 Å². The molecule has 1 N–H and O–H groups in total. The van der Waals surface area contributed by atoms with Gasteiger partial charge in [-0.25, -0.2) is 4.79 Å². The minimum Gasteiger partial charge on any atom is -0.475 e. The highest BCUT2D eigenvalue weighted by atomic mass is 32.1. The second-order valence-electron chi connectivity index (χ2n) is 8.40. The first-order chi connectivity index (χ1) is 16.6. The van der Waals surface area contributed by atoms with Crippen molar-refractivity contribution in [2.24, 2.45) is 0 Å². The molecule has 1 unspecified atom stereocenters. The summed E-state index contributed by atoms with van der Waals surface area (Å²) < 4.78 is 70.7.